The molecule has 0 radical (unpaired) electrons. The molecule has 0 aliphatic carbocycles. The highest BCUT2D eigenvalue weighted by Crippen LogP contribution is 2.24. The second-order valence-corrected chi connectivity index (χ2v) is 3.49. The number of hydrogen-bond acceptors (Lipinski definition) is 3. The van der Waals surface area contributed by atoms with Crippen LogP contribution < -0.4 is 10.5 Å². The summed E-state index contributed by atoms with van der Waals surface area (Å²) in [6.07, 6.45) is -0.782. The van der Waals surface area contributed by atoms with Crippen LogP contribution in [-0.2, 0) is 4.79 Å². The number of aryl methyl sites for hydroxylation is 1. The van der Waals surface area contributed by atoms with Crippen LogP contribution in [0, 0.1) is 12.7 Å². The summed E-state index contributed by atoms with van der Waals surface area (Å²) in [4.78, 5) is 10.7. The molecule has 1 aromatic carbocycles. The maximum absolute atomic E-state index is 13.4. The zero-order valence-corrected chi connectivity index (χ0v) is 9.16. The molecular weight excluding hydrogens is 213 g/mol. The molecule has 88 valence electrons. The third-order valence-corrected chi connectivity index (χ3v) is 2.24. The molecule has 0 aliphatic rings. The van der Waals surface area contributed by atoms with E-state index in [1.54, 1.807) is 13.8 Å². The molecule has 0 aliphatic heterocycles. The summed E-state index contributed by atoms with van der Waals surface area (Å²) >= 11 is 0. The summed E-state index contributed by atoms with van der Waals surface area (Å²) in [5.41, 5.74) is 6.46. The highest BCUT2D eigenvalue weighted by molar-refractivity contribution is 5.72. The SMILES string of the molecule is CCC(Oc1cc(C)c(N)cc1F)C(=O)O. The van der Waals surface area contributed by atoms with Gasteiger partial charge in [0.25, 0.3) is 0 Å². The predicted octanol–water partition coefficient (Wildman–Crippen LogP) is 1.96. The molecule has 5 heteroatoms. The number of hydrogen-bond donors (Lipinski definition) is 2. The highest BCUT2D eigenvalue weighted by Gasteiger charge is 2.19. The second-order valence-electron chi connectivity index (χ2n) is 3.49. The van der Waals surface area contributed by atoms with Gasteiger partial charge in [-0.2, -0.15) is 0 Å². The summed E-state index contributed by atoms with van der Waals surface area (Å²) in [6, 6.07) is 2.52. The number of nitrogen functional groups attached to an aromatic ring is 1. The summed E-state index contributed by atoms with van der Waals surface area (Å²) < 4.78 is 18.5. The van der Waals surface area contributed by atoms with Crippen molar-refractivity contribution in [3.05, 3.63) is 23.5 Å². The molecule has 0 saturated heterocycles. The minimum absolute atomic E-state index is 0.0825. The van der Waals surface area contributed by atoms with E-state index in [4.69, 9.17) is 15.6 Å². The Morgan fingerprint density at radius 3 is 2.75 bits per heavy atom. The van der Waals surface area contributed by atoms with Crippen molar-refractivity contribution in [3.63, 3.8) is 0 Å². The molecule has 0 amide bonds. The summed E-state index contributed by atoms with van der Waals surface area (Å²) in [7, 11) is 0. The number of carboxylic acids is 1. The van der Waals surface area contributed by atoms with E-state index in [0.717, 1.165) is 6.07 Å². The van der Waals surface area contributed by atoms with Gasteiger partial charge in [-0.25, -0.2) is 9.18 Å². The number of nitrogens with two attached hydrogens (primary N) is 1. The third-order valence-electron chi connectivity index (χ3n) is 2.24. The first-order valence-corrected chi connectivity index (χ1v) is 4.90. The standard InChI is InChI=1S/C11H14FNO3/c1-3-9(11(14)15)16-10-4-6(2)8(13)5-7(10)12/h4-5,9H,3,13H2,1-2H3,(H,14,15). The molecular formula is C11H14FNO3. The minimum Gasteiger partial charge on any atom is -0.479 e. The number of benzene rings is 1. The van der Waals surface area contributed by atoms with Crippen molar-refractivity contribution < 1.29 is 19.0 Å². The topological polar surface area (TPSA) is 72.5 Å². The molecule has 0 fully saturated rings. The molecule has 3 N–H and O–H groups in total. The van der Waals surface area contributed by atoms with E-state index in [2.05, 4.69) is 0 Å². The molecule has 16 heavy (non-hydrogen) atoms. The lowest BCUT2D eigenvalue weighted by Gasteiger charge is -2.14. The number of aliphatic carboxylic acids is 1. The molecule has 1 rings (SSSR count). The number of ether oxygens (including phenoxy) is 1. The monoisotopic (exact) mass is 227 g/mol. The van der Waals surface area contributed by atoms with Gasteiger partial charge in [0.05, 0.1) is 0 Å². The normalized spacial score (nSPS) is 12.2. The Kier molecular flexibility index (Phi) is 3.71. The van der Waals surface area contributed by atoms with Crippen molar-refractivity contribution >= 4 is 11.7 Å². The van der Waals surface area contributed by atoms with Crippen LogP contribution in [0.15, 0.2) is 12.1 Å². The fourth-order valence-corrected chi connectivity index (χ4v) is 1.22. The zero-order chi connectivity index (χ0) is 12.3. The lowest BCUT2D eigenvalue weighted by molar-refractivity contribution is -0.145. The molecule has 0 saturated carbocycles. The van der Waals surface area contributed by atoms with Crippen LogP contribution in [0.25, 0.3) is 0 Å². The average molecular weight is 227 g/mol. The Labute approximate surface area is 92.8 Å². The fraction of sp³-hybridized carbons (Fsp3) is 0.364. The first-order chi connectivity index (χ1) is 7.45. The Morgan fingerprint density at radius 2 is 2.25 bits per heavy atom. The van der Waals surface area contributed by atoms with Gasteiger partial charge in [-0.3, -0.25) is 0 Å². The number of rotatable bonds is 4. The van der Waals surface area contributed by atoms with E-state index in [1.807, 2.05) is 0 Å². The van der Waals surface area contributed by atoms with E-state index < -0.39 is 17.9 Å². The van der Waals surface area contributed by atoms with Gasteiger partial charge in [-0.05, 0) is 25.0 Å². The predicted molar refractivity (Wildman–Crippen MR) is 57.9 cm³/mol. The molecule has 0 spiro atoms. The van der Waals surface area contributed by atoms with Gasteiger partial charge >= 0.3 is 5.97 Å². The van der Waals surface area contributed by atoms with E-state index >= 15 is 0 Å². The van der Waals surface area contributed by atoms with Crippen LogP contribution in [0.2, 0.25) is 0 Å². The van der Waals surface area contributed by atoms with Crippen molar-refractivity contribution in [2.24, 2.45) is 0 Å². The van der Waals surface area contributed by atoms with Gasteiger partial charge < -0.3 is 15.6 Å². The number of anilines is 1. The maximum Gasteiger partial charge on any atom is 0.344 e. The molecule has 4 nitrogen and oxygen atoms in total. The average Bonchev–Trinajstić information content (AvgIpc) is 2.21. The van der Waals surface area contributed by atoms with Gasteiger partial charge in [-0.15, -0.1) is 0 Å². The van der Waals surface area contributed by atoms with Crippen molar-refractivity contribution in [3.8, 4) is 5.75 Å². The van der Waals surface area contributed by atoms with Crippen molar-refractivity contribution in [2.75, 3.05) is 5.73 Å². The molecule has 1 atom stereocenters. The quantitative estimate of drug-likeness (QED) is 0.771. The third kappa shape index (κ3) is 2.62. The minimum atomic E-state index is -1.11. The highest BCUT2D eigenvalue weighted by atomic mass is 19.1. The summed E-state index contributed by atoms with van der Waals surface area (Å²) in [6.45, 7) is 3.35. The lowest BCUT2D eigenvalue weighted by atomic mass is 10.2. The van der Waals surface area contributed by atoms with Crippen LogP contribution in [0.5, 0.6) is 5.75 Å². The molecule has 0 heterocycles. The van der Waals surface area contributed by atoms with Crippen LogP contribution in [0.4, 0.5) is 10.1 Å². The van der Waals surface area contributed by atoms with Crippen LogP contribution in [-0.4, -0.2) is 17.2 Å². The first-order valence-electron chi connectivity index (χ1n) is 4.90. The molecule has 0 bridgehead atoms. The number of carboxylic acid groups (broad SMARTS) is 1. The smallest absolute Gasteiger partial charge is 0.344 e. The van der Waals surface area contributed by atoms with Crippen LogP contribution in [0.1, 0.15) is 18.9 Å². The largest absolute Gasteiger partial charge is 0.479 e. The van der Waals surface area contributed by atoms with E-state index in [-0.39, 0.29) is 12.2 Å². The Balaban J connectivity index is 2.96. The zero-order valence-electron chi connectivity index (χ0n) is 9.16. The van der Waals surface area contributed by atoms with Crippen LogP contribution in [0.3, 0.4) is 0 Å². The van der Waals surface area contributed by atoms with Gasteiger partial charge in [0, 0.05) is 11.8 Å². The summed E-state index contributed by atoms with van der Waals surface area (Å²) in [5, 5.41) is 8.78. The van der Waals surface area contributed by atoms with Gasteiger partial charge in [-0.1, -0.05) is 6.92 Å². The molecule has 0 aromatic heterocycles. The maximum atomic E-state index is 13.4. The van der Waals surface area contributed by atoms with Crippen molar-refractivity contribution in [1.29, 1.82) is 0 Å². The number of carbonyl (C=O) groups is 1. The van der Waals surface area contributed by atoms with Gasteiger partial charge in [0.1, 0.15) is 0 Å². The van der Waals surface area contributed by atoms with Crippen LogP contribution >= 0.6 is 0 Å². The second kappa shape index (κ2) is 4.83. The Morgan fingerprint density at radius 1 is 1.62 bits per heavy atom. The van der Waals surface area contributed by atoms with Gasteiger partial charge in [0.2, 0.25) is 0 Å². The van der Waals surface area contributed by atoms with E-state index in [0.29, 0.717) is 11.3 Å². The van der Waals surface area contributed by atoms with Crippen molar-refractivity contribution in [2.45, 2.75) is 26.4 Å². The molecule has 1 unspecified atom stereocenters. The lowest BCUT2D eigenvalue weighted by Crippen LogP contribution is -2.26. The summed E-state index contributed by atoms with van der Waals surface area (Å²) in [5.74, 6) is -1.85. The first kappa shape index (κ1) is 12.3. The Hall–Kier alpha value is -1.78. The molecule has 1 aromatic rings. The fourth-order valence-electron chi connectivity index (χ4n) is 1.22. The van der Waals surface area contributed by atoms with E-state index in [9.17, 15) is 9.18 Å². The van der Waals surface area contributed by atoms with E-state index in [1.165, 1.54) is 6.07 Å². The Bertz CT molecular complexity index is 406. The number of halogens is 1. The van der Waals surface area contributed by atoms with Crippen molar-refractivity contribution in [1.82, 2.24) is 0 Å². The van der Waals surface area contributed by atoms with Gasteiger partial charge in [0.15, 0.2) is 17.7 Å².